The molecule has 0 aliphatic heterocycles. The molecule has 2 amide bonds. The van der Waals surface area contributed by atoms with E-state index in [-0.39, 0.29) is 12.6 Å². The summed E-state index contributed by atoms with van der Waals surface area (Å²) in [6, 6.07) is 14.3. The predicted octanol–water partition coefficient (Wildman–Crippen LogP) is 4.42. The molecule has 26 heavy (non-hydrogen) atoms. The fraction of sp³-hybridized carbons (Fsp3) is 0.300. The summed E-state index contributed by atoms with van der Waals surface area (Å²) in [5.74, 6) is 0.468. The second kappa shape index (κ2) is 9.46. The van der Waals surface area contributed by atoms with Gasteiger partial charge in [0.1, 0.15) is 12.4 Å². The minimum atomic E-state index is -0.579. The van der Waals surface area contributed by atoms with E-state index in [1.807, 2.05) is 45.0 Å². The van der Waals surface area contributed by atoms with Crippen molar-refractivity contribution in [2.75, 3.05) is 11.9 Å². The van der Waals surface area contributed by atoms with E-state index in [0.717, 1.165) is 11.1 Å². The van der Waals surface area contributed by atoms with E-state index in [9.17, 15) is 9.59 Å². The van der Waals surface area contributed by atoms with Gasteiger partial charge >= 0.3 is 12.2 Å². The average molecular weight is 356 g/mol. The van der Waals surface area contributed by atoms with Crippen LogP contribution in [0.4, 0.5) is 15.3 Å². The summed E-state index contributed by atoms with van der Waals surface area (Å²) >= 11 is 0. The highest BCUT2D eigenvalue weighted by Crippen LogP contribution is 2.13. The summed E-state index contributed by atoms with van der Waals surface area (Å²) in [5, 5.41) is 5.34. The maximum absolute atomic E-state index is 12.0. The number of carbonyl (C=O) groups is 2. The molecular formula is C20H24N2O4. The molecule has 2 aromatic rings. The zero-order valence-electron chi connectivity index (χ0n) is 15.2. The van der Waals surface area contributed by atoms with Gasteiger partial charge in [-0.25, -0.2) is 9.59 Å². The molecule has 0 aliphatic carbocycles. The van der Waals surface area contributed by atoms with E-state index in [2.05, 4.69) is 10.6 Å². The number of ether oxygens (including phenoxy) is 2. The molecule has 0 fully saturated rings. The molecule has 2 N–H and O–H groups in total. The zero-order valence-corrected chi connectivity index (χ0v) is 15.2. The average Bonchev–Trinajstić information content (AvgIpc) is 2.60. The minimum Gasteiger partial charge on any atom is -0.447 e. The van der Waals surface area contributed by atoms with Crippen LogP contribution in [0.25, 0.3) is 0 Å². The quantitative estimate of drug-likeness (QED) is 0.803. The number of rotatable bonds is 6. The predicted molar refractivity (Wildman–Crippen MR) is 101 cm³/mol. The van der Waals surface area contributed by atoms with Crippen LogP contribution < -0.4 is 15.4 Å². The molecule has 0 radical (unpaired) electrons. The maximum Gasteiger partial charge on any atom is 0.412 e. The van der Waals surface area contributed by atoms with E-state index >= 15 is 0 Å². The van der Waals surface area contributed by atoms with Crippen LogP contribution >= 0.6 is 0 Å². The highest BCUT2D eigenvalue weighted by molar-refractivity contribution is 5.84. The second-order valence-corrected chi connectivity index (χ2v) is 6.05. The smallest absolute Gasteiger partial charge is 0.412 e. The third-order valence-corrected chi connectivity index (χ3v) is 3.73. The highest BCUT2D eigenvalue weighted by atomic mass is 16.6. The van der Waals surface area contributed by atoms with Crippen molar-refractivity contribution in [3.05, 3.63) is 59.7 Å². The van der Waals surface area contributed by atoms with Gasteiger partial charge < -0.3 is 14.8 Å². The second-order valence-electron chi connectivity index (χ2n) is 6.05. The van der Waals surface area contributed by atoms with Gasteiger partial charge in [0, 0.05) is 5.69 Å². The molecule has 1 atom stereocenters. The Morgan fingerprint density at radius 1 is 1.00 bits per heavy atom. The number of hydrogen-bond acceptors (Lipinski definition) is 4. The number of nitrogens with one attached hydrogen (secondary N) is 2. The summed E-state index contributed by atoms with van der Waals surface area (Å²) in [5.41, 5.74) is 2.75. The summed E-state index contributed by atoms with van der Waals surface area (Å²) in [7, 11) is 0. The summed E-state index contributed by atoms with van der Waals surface area (Å²) in [4.78, 5) is 23.8. The van der Waals surface area contributed by atoms with Gasteiger partial charge in [0.2, 0.25) is 0 Å². The van der Waals surface area contributed by atoms with Gasteiger partial charge in [-0.3, -0.25) is 5.32 Å². The summed E-state index contributed by atoms with van der Waals surface area (Å²) < 4.78 is 10.4. The van der Waals surface area contributed by atoms with Crippen molar-refractivity contribution in [3.63, 3.8) is 0 Å². The molecule has 2 aromatic carbocycles. The van der Waals surface area contributed by atoms with E-state index in [4.69, 9.17) is 9.47 Å². The van der Waals surface area contributed by atoms with Gasteiger partial charge in [0.25, 0.3) is 0 Å². The van der Waals surface area contributed by atoms with Gasteiger partial charge in [0.15, 0.2) is 0 Å². The summed E-state index contributed by atoms with van der Waals surface area (Å²) in [6.07, 6.45) is -0.549. The monoisotopic (exact) mass is 356 g/mol. The van der Waals surface area contributed by atoms with E-state index in [1.165, 1.54) is 0 Å². The lowest BCUT2D eigenvalue weighted by Gasteiger charge is -2.17. The maximum atomic E-state index is 12.0. The first-order chi connectivity index (χ1) is 12.5. The number of anilines is 1. The Morgan fingerprint density at radius 2 is 1.73 bits per heavy atom. The molecule has 6 heteroatoms. The fourth-order valence-corrected chi connectivity index (χ4v) is 2.21. The molecule has 0 saturated heterocycles. The SMILES string of the molecule is CCC(COC(=O)Nc1ccc(C)cc1)NC(=O)Oc1cccc(C)c1. The zero-order chi connectivity index (χ0) is 18.9. The molecule has 0 saturated carbocycles. The number of aryl methyl sites for hydroxylation is 2. The Bertz CT molecular complexity index is 744. The third kappa shape index (κ3) is 6.47. The molecule has 0 bridgehead atoms. The normalized spacial score (nSPS) is 11.3. The Labute approximate surface area is 153 Å². The van der Waals surface area contributed by atoms with Gasteiger partial charge in [-0.05, 0) is 50.1 Å². The third-order valence-electron chi connectivity index (χ3n) is 3.73. The van der Waals surface area contributed by atoms with Gasteiger partial charge in [-0.15, -0.1) is 0 Å². The van der Waals surface area contributed by atoms with Crippen LogP contribution in [-0.4, -0.2) is 24.8 Å². The molecular weight excluding hydrogens is 332 g/mol. The first-order valence-electron chi connectivity index (χ1n) is 8.51. The van der Waals surface area contributed by atoms with Crippen LogP contribution in [0, 0.1) is 13.8 Å². The largest absolute Gasteiger partial charge is 0.447 e. The van der Waals surface area contributed by atoms with Crippen molar-refractivity contribution in [1.82, 2.24) is 5.32 Å². The molecule has 2 rings (SSSR count). The standard InChI is InChI=1S/C20H24N2O4/c1-4-16(21-20(24)26-18-7-5-6-15(3)12-18)13-25-19(23)22-17-10-8-14(2)9-11-17/h5-12,16H,4,13H2,1-3H3,(H,21,24)(H,22,23). The first-order valence-corrected chi connectivity index (χ1v) is 8.51. The van der Waals surface area contributed by atoms with Crippen molar-refractivity contribution in [3.8, 4) is 5.75 Å². The van der Waals surface area contributed by atoms with E-state index < -0.39 is 12.2 Å². The lowest BCUT2D eigenvalue weighted by Crippen LogP contribution is -2.40. The lowest BCUT2D eigenvalue weighted by molar-refractivity contribution is 0.142. The fourth-order valence-electron chi connectivity index (χ4n) is 2.21. The molecule has 0 spiro atoms. The van der Waals surface area contributed by atoms with Crippen LogP contribution in [0.5, 0.6) is 5.75 Å². The van der Waals surface area contributed by atoms with Crippen LogP contribution in [0.1, 0.15) is 24.5 Å². The van der Waals surface area contributed by atoms with E-state index in [0.29, 0.717) is 17.9 Å². The Morgan fingerprint density at radius 3 is 2.38 bits per heavy atom. The van der Waals surface area contributed by atoms with Crippen LogP contribution in [0.2, 0.25) is 0 Å². The number of hydrogen-bond donors (Lipinski definition) is 2. The van der Waals surface area contributed by atoms with E-state index in [1.54, 1.807) is 24.3 Å². The number of amides is 2. The molecule has 0 heterocycles. The molecule has 0 aliphatic rings. The Hall–Kier alpha value is -3.02. The van der Waals surface area contributed by atoms with Gasteiger partial charge in [-0.2, -0.15) is 0 Å². The Kier molecular flexibility index (Phi) is 7.02. The minimum absolute atomic E-state index is 0.0527. The van der Waals surface area contributed by atoms with Crippen molar-refractivity contribution >= 4 is 17.9 Å². The van der Waals surface area contributed by atoms with Crippen LogP contribution in [-0.2, 0) is 4.74 Å². The Balaban J connectivity index is 1.78. The first kappa shape index (κ1) is 19.3. The van der Waals surface area contributed by atoms with Crippen molar-refractivity contribution in [2.24, 2.45) is 0 Å². The van der Waals surface area contributed by atoms with Crippen LogP contribution in [0.15, 0.2) is 48.5 Å². The van der Waals surface area contributed by atoms with Crippen molar-refractivity contribution in [1.29, 1.82) is 0 Å². The van der Waals surface area contributed by atoms with Crippen molar-refractivity contribution < 1.29 is 19.1 Å². The molecule has 138 valence electrons. The molecule has 1 unspecified atom stereocenters. The van der Waals surface area contributed by atoms with Gasteiger partial charge in [0.05, 0.1) is 6.04 Å². The van der Waals surface area contributed by atoms with Gasteiger partial charge in [-0.1, -0.05) is 36.8 Å². The number of benzene rings is 2. The van der Waals surface area contributed by atoms with Crippen LogP contribution in [0.3, 0.4) is 0 Å². The lowest BCUT2D eigenvalue weighted by atomic mass is 10.2. The number of carbonyl (C=O) groups excluding carboxylic acids is 2. The highest BCUT2D eigenvalue weighted by Gasteiger charge is 2.14. The summed E-state index contributed by atoms with van der Waals surface area (Å²) in [6.45, 7) is 5.82. The topological polar surface area (TPSA) is 76.7 Å². The molecule has 0 aromatic heterocycles. The molecule has 6 nitrogen and oxygen atoms in total. The van der Waals surface area contributed by atoms with Crippen molar-refractivity contribution in [2.45, 2.75) is 33.2 Å².